The van der Waals surface area contributed by atoms with E-state index in [0.29, 0.717) is 13.0 Å². The van der Waals surface area contributed by atoms with Gasteiger partial charge in [-0.15, -0.1) is 0 Å². The number of aromatic nitrogens is 2. The van der Waals surface area contributed by atoms with Crippen molar-refractivity contribution in [2.45, 2.75) is 52.5 Å². The Bertz CT molecular complexity index is 924. The first-order chi connectivity index (χ1) is 15.1. The molecule has 1 heterocycles. The summed E-state index contributed by atoms with van der Waals surface area (Å²) in [6.45, 7) is 5.91. The van der Waals surface area contributed by atoms with E-state index in [1.54, 1.807) is 0 Å². The second-order valence-electron chi connectivity index (χ2n) is 7.91. The lowest BCUT2D eigenvalue weighted by molar-refractivity contribution is -0.119. The Kier molecular flexibility index (Phi) is 9.03. The molecule has 0 bridgehead atoms. The number of carbonyl (C=O) groups excluding carboxylic acids is 1. The molecule has 0 fully saturated rings. The van der Waals surface area contributed by atoms with Gasteiger partial charge in [0.1, 0.15) is 5.82 Å². The molecular formula is C25H32N4OS. The van der Waals surface area contributed by atoms with Gasteiger partial charge in [0, 0.05) is 31.0 Å². The molecule has 0 saturated heterocycles. The van der Waals surface area contributed by atoms with E-state index < -0.39 is 0 Å². The van der Waals surface area contributed by atoms with Crippen LogP contribution < -0.4 is 10.2 Å². The van der Waals surface area contributed by atoms with Crippen LogP contribution >= 0.6 is 11.5 Å². The van der Waals surface area contributed by atoms with Gasteiger partial charge in [0.05, 0.1) is 6.54 Å². The van der Waals surface area contributed by atoms with E-state index in [9.17, 15) is 4.79 Å². The van der Waals surface area contributed by atoms with Crippen molar-refractivity contribution in [1.29, 1.82) is 0 Å². The van der Waals surface area contributed by atoms with Crippen molar-refractivity contribution < 1.29 is 4.79 Å². The number of amides is 1. The summed E-state index contributed by atoms with van der Waals surface area (Å²) in [6, 6.07) is 18.6. The van der Waals surface area contributed by atoms with Crippen LogP contribution in [0.15, 0.2) is 54.6 Å². The largest absolute Gasteiger partial charge is 0.355 e. The van der Waals surface area contributed by atoms with Crippen LogP contribution in [0.4, 0.5) is 5.13 Å². The SMILES string of the molecule is CCCCCCNC(=O)CN(Cc1ccccc1)c1nc(Cc2ccc(C)cc2)ns1. The number of hydrogen-bond acceptors (Lipinski definition) is 5. The fourth-order valence-electron chi connectivity index (χ4n) is 3.34. The molecule has 3 rings (SSSR count). The van der Waals surface area contributed by atoms with Gasteiger partial charge in [0.15, 0.2) is 0 Å². The average Bonchev–Trinajstić information content (AvgIpc) is 3.24. The van der Waals surface area contributed by atoms with E-state index in [1.165, 1.54) is 35.5 Å². The Hall–Kier alpha value is -2.73. The highest BCUT2D eigenvalue weighted by Crippen LogP contribution is 2.21. The highest BCUT2D eigenvalue weighted by molar-refractivity contribution is 7.09. The summed E-state index contributed by atoms with van der Waals surface area (Å²) in [5, 5.41) is 3.84. The van der Waals surface area contributed by atoms with E-state index in [0.717, 1.165) is 35.9 Å². The summed E-state index contributed by atoms with van der Waals surface area (Å²) in [5.41, 5.74) is 3.58. The zero-order chi connectivity index (χ0) is 21.9. The first-order valence-corrected chi connectivity index (χ1v) is 11.8. The second kappa shape index (κ2) is 12.2. The highest BCUT2D eigenvalue weighted by atomic mass is 32.1. The third-order valence-corrected chi connectivity index (χ3v) is 5.93. The highest BCUT2D eigenvalue weighted by Gasteiger charge is 2.17. The summed E-state index contributed by atoms with van der Waals surface area (Å²) < 4.78 is 4.56. The molecule has 6 heteroatoms. The van der Waals surface area contributed by atoms with Crippen LogP contribution in [0.3, 0.4) is 0 Å². The molecule has 2 aromatic carbocycles. The maximum absolute atomic E-state index is 12.6. The number of nitrogens with zero attached hydrogens (tertiary/aromatic N) is 3. The smallest absolute Gasteiger partial charge is 0.239 e. The van der Waals surface area contributed by atoms with Crippen LogP contribution in [-0.2, 0) is 17.8 Å². The quantitative estimate of drug-likeness (QED) is 0.399. The second-order valence-corrected chi connectivity index (χ2v) is 8.64. The van der Waals surface area contributed by atoms with E-state index in [2.05, 4.69) is 59.9 Å². The predicted molar refractivity (Wildman–Crippen MR) is 129 cm³/mol. The van der Waals surface area contributed by atoms with Crippen molar-refractivity contribution in [2.75, 3.05) is 18.0 Å². The number of rotatable bonds is 12. The third kappa shape index (κ3) is 7.79. The molecule has 3 aromatic rings. The number of unbranched alkanes of at least 4 members (excludes halogenated alkanes) is 3. The van der Waals surface area contributed by atoms with E-state index >= 15 is 0 Å². The van der Waals surface area contributed by atoms with Gasteiger partial charge < -0.3 is 10.2 Å². The molecule has 1 aromatic heterocycles. The molecule has 0 atom stereocenters. The third-order valence-electron chi connectivity index (χ3n) is 5.11. The fourth-order valence-corrected chi connectivity index (χ4v) is 4.02. The first kappa shape index (κ1) is 22.9. The van der Waals surface area contributed by atoms with E-state index in [1.807, 2.05) is 23.1 Å². The van der Waals surface area contributed by atoms with Crippen LogP contribution in [-0.4, -0.2) is 28.4 Å². The van der Waals surface area contributed by atoms with Crippen LogP contribution in [0, 0.1) is 6.92 Å². The van der Waals surface area contributed by atoms with Gasteiger partial charge in [0.2, 0.25) is 11.0 Å². The monoisotopic (exact) mass is 436 g/mol. The van der Waals surface area contributed by atoms with Crippen molar-refractivity contribution in [1.82, 2.24) is 14.7 Å². The molecule has 0 aliphatic heterocycles. The zero-order valence-corrected chi connectivity index (χ0v) is 19.3. The molecule has 1 amide bonds. The maximum Gasteiger partial charge on any atom is 0.239 e. The van der Waals surface area contributed by atoms with Gasteiger partial charge in [-0.25, -0.2) is 4.98 Å². The molecule has 1 N–H and O–H groups in total. The Morgan fingerprint density at radius 3 is 2.52 bits per heavy atom. The van der Waals surface area contributed by atoms with Gasteiger partial charge in [0.25, 0.3) is 0 Å². The number of hydrogen-bond donors (Lipinski definition) is 1. The minimum atomic E-state index is 0.0303. The Labute approximate surface area is 189 Å². The first-order valence-electron chi connectivity index (χ1n) is 11.1. The fraction of sp³-hybridized carbons (Fsp3) is 0.400. The van der Waals surface area contributed by atoms with Gasteiger partial charge in [-0.3, -0.25) is 4.79 Å². The number of carbonyl (C=O) groups is 1. The molecule has 0 aliphatic carbocycles. The molecule has 0 spiro atoms. The van der Waals surface area contributed by atoms with Crippen LogP contribution in [0.25, 0.3) is 0 Å². The average molecular weight is 437 g/mol. The minimum absolute atomic E-state index is 0.0303. The van der Waals surface area contributed by atoms with Crippen molar-refractivity contribution in [3.63, 3.8) is 0 Å². The Balaban J connectivity index is 1.65. The molecule has 0 aliphatic rings. The van der Waals surface area contributed by atoms with E-state index in [-0.39, 0.29) is 12.5 Å². The molecule has 31 heavy (non-hydrogen) atoms. The summed E-state index contributed by atoms with van der Waals surface area (Å²) in [4.78, 5) is 19.4. The number of nitrogens with one attached hydrogen (secondary N) is 1. The van der Waals surface area contributed by atoms with Crippen molar-refractivity contribution >= 4 is 22.6 Å². The van der Waals surface area contributed by atoms with Crippen LogP contribution in [0.1, 0.15) is 55.1 Å². The minimum Gasteiger partial charge on any atom is -0.355 e. The van der Waals surface area contributed by atoms with Gasteiger partial charge in [-0.05, 0) is 24.5 Å². The molecule has 0 saturated carbocycles. The van der Waals surface area contributed by atoms with Gasteiger partial charge in [-0.1, -0.05) is 86.3 Å². The zero-order valence-electron chi connectivity index (χ0n) is 18.5. The topological polar surface area (TPSA) is 58.1 Å². The number of aryl methyl sites for hydroxylation is 1. The normalized spacial score (nSPS) is 10.8. The lowest BCUT2D eigenvalue weighted by Crippen LogP contribution is -2.37. The lowest BCUT2D eigenvalue weighted by atomic mass is 10.1. The molecule has 0 radical (unpaired) electrons. The predicted octanol–water partition coefficient (Wildman–Crippen LogP) is 5.14. The molecule has 164 valence electrons. The molecule has 0 unspecified atom stereocenters. The maximum atomic E-state index is 12.6. The van der Waals surface area contributed by atoms with Gasteiger partial charge >= 0.3 is 0 Å². The lowest BCUT2D eigenvalue weighted by Gasteiger charge is -2.21. The number of benzene rings is 2. The Morgan fingerprint density at radius 1 is 1.00 bits per heavy atom. The molecular weight excluding hydrogens is 404 g/mol. The van der Waals surface area contributed by atoms with Crippen molar-refractivity contribution in [3.8, 4) is 0 Å². The van der Waals surface area contributed by atoms with Crippen LogP contribution in [0.5, 0.6) is 0 Å². The van der Waals surface area contributed by atoms with Gasteiger partial charge in [-0.2, -0.15) is 4.37 Å². The summed E-state index contributed by atoms with van der Waals surface area (Å²) in [5.74, 6) is 0.824. The summed E-state index contributed by atoms with van der Waals surface area (Å²) >= 11 is 1.36. The standard InChI is InChI=1S/C25H32N4OS/c1-3-4-5-9-16-26-24(30)19-29(18-22-10-7-6-8-11-22)25-27-23(28-31-25)17-21-14-12-20(2)13-15-21/h6-8,10-15H,3-5,9,16-19H2,1-2H3,(H,26,30). The summed E-state index contributed by atoms with van der Waals surface area (Å²) in [6.07, 6.45) is 5.28. The van der Waals surface area contributed by atoms with E-state index in [4.69, 9.17) is 4.98 Å². The summed E-state index contributed by atoms with van der Waals surface area (Å²) in [7, 11) is 0. The van der Waals surface area contributed by atoms with Crippen LogP contribution in [0.2, 0.25) is 0 Å². The Morgan fingerprint density at radius 2 is 1.77 bits per heavy atom. The van der Waals surface area contributed by atoms with Crippen molar-refractivity contribution in [3.05, 3.63) is 77.1 Å². The molecule has 5 nitrogen and oxygen atoms in total. The number of anilines is 1. The van der Waals surface area contributed by atoms with Crippen molar-refractivity contribution in [2.24, 2.45) is 0 Å².